The van der Waals surface area contributed by atoms with Gasteiger partial charge in [-0.15, -0.1) is 0 Å². The Morgan fingerprint density at radius 2 is 1.89 bits per heavy atom. The quantitative estimate of drug-likeness (QED) is 0.639. The highest BCUT2D eigenvalue weighted by Gasteiger charge is 2.17. The van der Waals surface area contributed by atoms with Crippen LogP contribution < -0.4 is 9.64 Å². The third kappa shape index (κ3) is 2.49. The molecule has 92 valence electrons. The number of ether oxygens (including phenoxy) is 1. The molecule has 2 aromatic carbocycles. The van der Waals surface area contributed by atoms with Crippen LogP contribution in [-0.4, -0.2) is 6.73 Å². The summed E-state index contributed by atoms with van der Waals surface area (Å²) < 4.78 is 8.12. The second-order valence-electron chi connectivity index (χ2n) is 4.20. The van der Waals surface area contributed by atoms with E-state index in [1.807, 2.05) is 12.1 Å². The van der Waals surface area contributed by atoms with Gasteiger partial charge in [-0.25, -0.2) is 0 Å². The van der Waals surface area contributed by atoms with Crippen molar-refractivity contribution in [3.63, 3.8) is 0 Å². The van der Waals surface area contributed by atoms with E-state index in [1.54, 1.807) is 0 Å². The van der Waals surface area contributed by atoms with Crippen molar-refractivity contribution < 1.29 is 4.74 Å². The standard InChI is InChI=1S/C14H11BrINO/c15-11-1-6-14-10(7-11)8-17(9-18-14)13-4-2-12(16)3-5-13/h1-7H,8-9H2. The van der Waals surface area contributed by atoms with Crippen molar-refractivity contribution in [2.24, 2.45) is 0 Å². The number of nitrogens with zero attached hydrogens (tertiary/aromatic N) is 1. The predicted molar refractivity (Wildman–Crippen MR) is 85.0 cm³/mol. The van der Waals surface area contributed by atoms with Gasteiger partial charge in [0.2, 0.25) is 0 Å². The summed E-state index contributed by atoms with van der Waals surface area (Å²) in [6.45, 7) is 1.49. The lowest BCUT2D eigenvalue weighted by molar-refractivity contribution is 0.289. The average Bonchev–Trinajstić information content (AvgIpc) is 2.38. The van der Waals surface area contributed by atoms with Crippen molar-refractivity contribution in [1.82, 2.24) is 0 Å². The van der Waals surface area contributed by atoms with Gasteiger partial charge in [0.05, 0.1) is 0 Å². The Labute approximate surface area is 128 Å². The molecule has 1 aliphatic rings. The van der Waals surface area contributed by atoms with Gasteiger partial charge < -0.3 is 9.64 Å². The summed E-state index contributed by atoms with van der Waals surface area (Å²) >= 11 is 5.82. The molecule has 0 N–H and O–H groups in total. The Morgan fingerprint density at radius 3 is 2.67 bits per heavy atom. The maximum absolute atomic E-state index is 5.78. The molecule has 0 spiro atoms. The van der Waals surface area contributed by atoms with Crippen LogP contribution in [0.3, 0.4) is 0 Å². The number of fused-ring (bicyclic) bond motifs is 1. The molecule has 4 heteroatoms. The Morgan fingerprint density at radius 1 is 1.11 bits per heavy atom. The molecule has 0 amide bonds. The summed E-state index contributed by atoms with van der Waals surface area (Å²) in [5.74, 6) is 0.986. The molecule has 0 bridgehead atoms. The fraction of sp³-hybridized carbons (Fsp3) is 0.143. The van der Waals surface area contributed by atoms with E-state index in [0.717, 1.165) is 16.8 Å². The first-order valence-electron chi connectivity index (χ1n) is 5.64. The van der Waals surface area contributed by atoms with Crippen LogP contribution in [0, 0.1) is 3.57 Å². The van der Waals surface area contributed by atoms with Gasteiger partial charge in [0.25, 0.3) is 0 Å². The first-order valence-corrected chi connectivity index (χ1v) is 7.51. The zero-order valence-corrected chi connectivity index (χ0v) is 13.3. The SMILES string of the molecule is Brc1ccc2c(c1)CN(c1ccc(I)cc1)CO2. The van der Waals surface area contributed by atoms with Crippen LogP contribution in [-0.2, 0) is 6.54 Å². The minimum atomic E-state index is 0.606. The molecule has 2 aromatic rings. The predicted octanol–water partition coefficient (Wildman–Crippen LogP) is 4.41. The number of halogens is 2. The first-order chi connectivity index (χ1) is 8.72. The first kappa shape index (κ1) is 12.3. The van der Waals surface area contributed by atoms with Crippen LogP contribution >= 0.6 is 38.5 Å². The van der Waals surface area contributed by atoms with Gasteiger partial charge in [-0.1, -0.05) is 15.9 Å². The van der Waals surface area contributed by atoms with Gasteiger partial charge in [0, 0.05) is 25.8 Å². The molecule has 1 aliphatic heterocycles. The van der Waals surface area contributed by atoms with Gasteiger partial charge in [-0.3, -0.25) is 0 Å². The third-order valence-electron chi connectivity index (χ3n) is 2.95. The minimum Gasteiger partial charge on any atom is -0.473 e. The normalized spacial score (nSPS) is 14.0. The molecule has 0 aromatic heterocycles. The van der Waals surface area contributed by atoms with E-state index >= 15 is 0 Å². The van der Waals surface area contributed by atoms with Crippen molar-refractivity contribution in [3.8, 4) is 5.75 Å². The van der Waals surface area contributed by atoms with Gasteiger partial charge >= 0.3 is 0 Å². The average molecular weight is 416 g/mol. The van der Waals surface area contributed by atoms with E-state index in [2.05, 4.69) is 73.8 Å². The largest absolute Gasteiger partial charge is 0.473 e. The van der Waals surface area contributed by atoms with E-state index in [-0.39, 0.29) is 0 Å². The monoisotopic (exact) mass is 415 g/mol. The Balaban J connectivity index is 1.88. The second kappa shape index (κ2) is 5.09. The molecular weight excluding hydrogens is 405 g/mol. The fourth-order valence-corrected chi connectivity index (χ4v) is 2.80. The molecular formula is C14H11BrINO. The van der Waals surface area contributed by atoms with Crippen molar-refractivity contribution in [1.29, 1.82) is 0 Å². The summed E-state index contributed by atoms with van der Waals surface area (Å²) in [4.78, 5) is 2.23. The summed E-state index contributed by atoms with van der Waals surface area (Å²) in [7, 11) is 0. The zero-order chi connectivity index (χ0) is 12.5. The summed E-state index contributed by atoms with van der Waals surface area (Å²) in [6, 6.07) is 14.7. The molecule has 0 fully saturated rings. The molecule has 1 heterocycles. The minimum absolute atomic E-state index is 0.606. The van der Waals surface area contributed by atoms with Crippen LogP contribution in [0.15, 0.2) is 46.9 Å². The van der Waals surface area contributed by atoms with Gasteiger partial charge in [0.15, 0.2) is 6.73 Å². The summed E-state index contributed by atoms with van der Waals surface area (Å²) in [6.07, 6.45) is 0. The van der Waals surface area contributed by atoms with Crippen molar-refractivity contribution in [2.45, 2.75) is 6.54 Å². The number of anilines is 1. The Bertz CT molecular complexity index is 571. The second-order valence-corrected chi connectivity index (χ2v) is 6.36. The van der Waals surface area contributed by atoms with E-state index in [0.29, 0.717) is 6.73 Å². The lowest BCUT2D eigenvalue weighted by Gasteiger charge is -2.30. The van der Waals surface area contributed by atoms with Crippen LogP contribution in [0.4, 0.5) is 5.69 Å². The third-order valence-corrected chi connectivity index (χ3v) is 4.16. The Hall–Kier alpha value is -0.750. The van der Waals surface area contributed by atoms with Crippen LogP contribution in [0.2, 0.25) is 0 Å². The topological polar surface area (TPSA) is 12.5 Å². The van der Waals surface area contributed by atoms with Crippen molar-refractivity contribution in [3.05, 3.63) is 56.1 Å². The lowest BCUT2D eigenvalue weighted by atomic mass is 10.1. The summed E-state index contributed by atoms with van der Waals surface area (Å²) in [5.41, 5.74) is 2.41. The molecule has 0 aliphatic carbocycles. The van der Waals surface area contributed by atoms with Gasteiger partial charge in [-0.2, -0.15) is 0 Å². The van der Waals surface area contributed by atoms with Crippen LogP contribution in [0.5, 0.6) is 5.75 Å². The highest BCUT2D eigenvalue weighted by molar-refractivity contribution is 14.1. The number of benzene rings is 2. The van der Waals surface area contributed by atoms with Gasteiger partial charge in [-0.05, 0) is 65.1 Å². The lowest BCUT2D eigenvalue weighted by Crippen LogP contribution is -2.31. The maximum Gasteiger partial charge on any atom is 0.161 e. The molecule has 0 saturated heterocycles. The zero-order valence-electron chi connectivity index (χ0n) is 9.57. The van der Waals surface area contributed by atoms with Crippen LogP contribution in [0.25, 0.3) is 0 Å². The fourth-order valence-electron chi connectivity index (χ4n) is 2.03. The van der Waals surface area contributed by atoms with Crippen molar-refractivity contribution >= 4 is 44.2 Å². The molecule has 0 radical (unpaired) electrons. The smallest absolute Gasteiger partial charge is 0.161 e. The van der Waals surface area contributed by atoms with E-state index in [9.17, 15) is 0 Å². The molecule has 2 nitrogen and oxygen atoms in total. The van der Waals surface area contributed by atoms with Gasteiger partial charge in [0.1, 0.15) is 5.75 Å². The van der Waals surface area contributed by atoms with E-state index in [4.69, 9.17) is 4.74 Å². The molecule has 0 saturated carbocycles. The van der Waals surface area contributed by atoms with Crippen molar-refractivity contribution in [2.75, 3.05) is 11.6 Å². The molecule has 0 unspecified atom stereocenters. The van der Waals surface area contributed by atoms with Crippen LogP contribution in [0.1, 0.15) is 5.56 Å². The number of hydrogen-bond donors (Lipinski definition) is 0. The maximum atomic E-state index is 5.78. The molecule has 3 rings (SSSR count). The molecule has 0 atom stereocenters. The highest BCUT2D eigenvalue weighted by atomic mass is 127. The number of rotatable bonds is 1. The Kier molecular flexibility index (Phi) is 3.48. The highest BCUT2D eigenvalue weighted by Crippen LogP contribution is 2.30. The van der Waals surface area contributed by atoms with E-state index in [1.165, 1.54) is 14.8 Å². The summed E-state index contributed by atoms with van der Waals surface area (Å²) in [5, 5.41) is 0. The number of hydrogen-bond acceptors (Lipinski definition) is 2. The molecule has 18 heavy (non-hydrogen) atoms. The van der Waals surface area contributed by atoms with E-state index < -0.39 is 0 Å².